The standard InChI is InChI=1S/C8H10BrN3O3/c1-5(13)12(9)11-6(7(14)4-10)2-3-8(11)15/h6-7,14H,2-3H2,1H3/t6-,7-/m0/s1. The molecule has 15 heavy (non-hydrogen) atoms. The monoisotopic (exact) mass is 275 g/mol. The number of aliphatic hydroxyl groups is 1. The maximum atomic E-state index is 11.4. The van der Waals surface area contributed by atoms with Gasteiger partial charge in [-0.1, -0.05) is 0 Å². The number of amides is 2. The van der Waals surface area contributed by atoms with Crippen LogP contribution in [0.1, 0.15) is 19.8 Å². The van der Waals surface area contributed by atoms with Crippen LogP contribution in [0.4, 0.5) is 0 Å². The molecule has 1 rings (SSSR count). The number of halogens is 1. The number of carbonyl (C=O) groups is 2. The van der Waals surface area contributed by atoms with Crippen molar-refractivity contribution in [3.8, 4) is 6.07 Å². The first kappa shape index (κ1) is 11.9. The summed E-state index contributed by atoms with van der Waals surface area (Å²) in [7, 11) is 0. The third kappa shape index (κ3) is 2.27. The first-order valence-electron chi connectivity index (χ1n) is 4.35. The molecule has 7 heteroatoms. The Balaban J connectivity index is 2.87. The molecule has 1 saturated heterocycles. The Morgan fingerprint density at radius 3 is 2.93 bits per heavy atom. The molecule has 2 atom stereocenters. The number of rotatable bonds is 2. The van der Waals surface area contributed by atoms with Crippen molar-refractivity contribution in [1.29, 1.82) is 5.26 Å². The van der Waals surface area contributed by atoms with E-state index in [1.165, 1.54) is 6.92 Å². The second-order valence-corrected chi connectivity index (χ2v) is 3.87. The van der Waals surface area contributed by atoms with Gasteiger partial charge in [0, 0.05) is 13.3 Å². The van der Waals surface area contributed by atoms with Crippen LogP contribution < -0.4 is 0 Å². The van der Waals surface area contributed by atoms with Gasteiger partial charge in [-0.2, -0.15) is 9.30 Å². The van der Waals surface area contributed by atoms with E-state index in [0.717, 1.165) is 9.04 Å². The second kappa shape index (κ2) is 4.59. The third-order valence-corrected chi connectivity index (χ3v) is 3.01. The molecule has 0 aromatic rings. The van der Waals surface area contributed by atoms with Crippen LogP contribution in [-0.4, -0.2) is 38.1 Å². The third-order valence-electron chi connectivity index (χ3n) is 2.17. The lowest BCUT2D eigenvalue weighted by Crippen LogP contribution is -2.48. The Bertz CT molecular complexity index is 328. The van der Waals surface area contributed by atoms with E-state index in [-0.39, 0.29) is 18.2 Å². The summed E-state index contributed by atoms with van der Waals surface area (Å²) in [5.41, 5.74) is 0. The zero-order valence-corrected chi connectivity index (χ0v) is 9.64. The summed E-state index contributed by atoms with van der Waals surface area (Å²) in [4.78, 5) is 22.5. The number of hydrogen-bond donors (Lipinski definition) is 1. The van der Waals surface area contributed by atoms with E-state index in [1.807, 2.05) is 0 Å². The number of nitriles is 1. The minimum Gasteiger partial charge on any atom is -0.376 e. The van der Waals surface area contributed by atoms with E-state index in [9.17, 15) is 14.7 Å². The van der Waals surface area contributed by atoms with Crippen molar-refractivity contribution >= 4 is 28.0 Å². The summed E-state index contributed by atoms with van der Waals surface area (Å²) in [6.45, 7) is 1.27. The maximum absolute atomic E-state index is 11.4. The molecule has 0 unspecified atom stereocenters. The topological polar surface area (TPSA) is 84.6 Å². The highest BCUT2D eigenvalue weighted by Gasteiger charge is 2.40. The van der Waals surface area contributed by atoms with Gasteiger partial charge in [0.15, 0.2) is 6.10 Å². The highest BCUT2D eigenvalue weighted by Crippen LogP contribution is 2.25. The number of carbonyl (C=O) groups excluding carboxylic acids is 2. The molecule has 82 valence electrons. The number of aliphatic hydroxyl groups excluding tert-OH is 1. The highest BCUT2D eigenvalue weighted by atomic mass is 79.9. The fourth-order valence-corrected chi connectivity index (χ4v) is 1.86. The number of nitrogens with zero attached hydrogens (tertiary/aromatic N) is 3. The molecular formula is C8H10BrN3O3. The summed E-state index contributed by atoms with van der Waals surface area (Å²) >= 11 is 2.92. The normalized spacial score (nSPS) is 22.4. The Morgan fingerprint density at radius 2 is 2.47 bits per heavy atom. The smallest absolute Gasteiger partial charge is 0.248 e. The van der Waals surface area contributed by atoms with Crippen LogP contribution in [0.25, 0.3) is 0 Å². The van der Waals surface area contributed by atoms with Crippen LogP contribution in [0.2, 0.25) is 0 Å². The van der Waals surface area contributed by atoms with Gasteiger partial charge in [-0.25, -0.2) is 5.01 Å². The van der Waals surface area contributed by atoms with Crippen molar-refractivity contribution in [2.24, 2.45) is 0 Å². The molecular weight excluding hydrogens is 266 g/mol. The van der Waals surface area contributed by atoms with Crippen molar-refractivity contribution in [3.05, 3.63) is 0 Å². The minimum absolute atomic E-state index is 0.221. The quantitative estimate of drug-likeness (QED) is 0.565. The lowest BCUT2D eigenvalue weighted by atomic mass is 10.1. The van der Waals surface area contributed by atoms with E-state index in [4.69, 9.17) is 5.26 Å². The van der Waals surface area contributed by atoms with Crippen molar-refractivity contribution in [2.45, 2.75) is 31.9 Å². The van der Waals surface area contributed by atoms with Crippen LogP contribution in [-0.2, 0) is 9.59 Å². The van der Waals surface area contributed by atoms with Crippen molar-refractivity contribution in [2.75, 3.05) is 0 Å². The molecule has 0 aromatic carbocycles. The summed E-state index contributed by atoms with van der Waals surface area (Å²) in [6.07, 6.45) is -0.697. The van der Waals surface area contributed by atoms with Gasteiger partial charge in [-0.15, -0.1) is 0 Å². The average Bonchev–Trinajstić information content (AvgIpc) is 2.57. The molecule has 0 saturated carbocycles. The molecule has 1 aliphatic rings. The molecule has 0 aromatic heterocycles. The van der Waals surface area contributed by atoms with Crippen LogP contribution in [0.15, 0.2) is 0 Å². The molecule has 0 spiro atoms. The molecule has 0 bridgehead atoms. The molecule has 6 nitrogen and oxygen atoms in total. The summed E-state index contributed by atoms with van der Waals surface area (Å²) in [5, 5.41) is 19.0. The maximum Gasteiger partial charge on any atom is 0.248 e. The van der Waals surface area contributed by atoms with Crippen LogP contribution in [0.5, 0.6) is 0 Å². The summed E-state index contributed by atoms with van der Waals surface area (Å²) < 4.78 is 0.952. The van der Waals surface area contributed by atoms with Gasteiger partial charge in [-0.3, -0.25) is 9.59 Å². The van der Waals surface area contributed by atoms with E-state index in [1.54, 1.807) is 6.07 Å². The molecule has 0 aliphatic carbocycles. The average molecular weight is 276 g/mol. The Morgan fingerprint density at radius 1 is 1.87 bits per heavy atom. The van der Waals surface area contributed by atoms with Crippen molar-refractivity contribution in [1.82, 2.24) is 9.04 Å². The number of hydrazine groups is 1. The van der Waals surface area contributed by atoms with Gasteiger partial charge in [0.25, 0.3) is 0 Å². The second-order valence-electron chi connectivity index (χ2n) is 3.20. The zero-order valence-electron chi connectivity index (χ0n) is 8.05. The summed E-state index contributed by atoms with van der Waals surface area (Å²) in [5.74, 6) is -0.679. The molecule has 1 heterocycles. The molecule has 1 N–H and O–H groups in total. The van der Waals surface area contributed by atoms with Gasteiger partial charge in [0.05, 0.1) is 28.3 Å². The lowest BCUT2D eigenvalue weighted by Gasteiger charge is -2.30. The fourth-order valence-electron chi connectivity index (χ4n) is 1.45. The van der Waals surface area contributed by atoms with Gasteiger partial charge in [0.1, 0.15) is 0 Å². The van der Waals surface area contributed by atoms with Gasteiger partial charge < -0.3 is 5.11 Å². The van der Waals surface area contributed by atoms with Crippen molar-refractivity contribution < 1.29 is 14.7 Å². The van der Waals surface area contributed by atoms with Crippen LogP contribution in [0.3, 0.4) is 0 Å². The largest absolute Gasteiger partial charge is 0.376 e. The Kier molecular flexibility index (Phi) is 3.66. The van der Waals surface area contributed by atoms with Gasteiger partial charge in [-0.05, 0) is 6.42 Å². The molecule has 2 amide bonds. The first-order chi connectivity index (χ1) is 6.99. The van der Waals surface area contributed by atoms with Gasteiger partial charge >= 0.3 is 0 Å². The van der Waals surface area contributed by atoms with Crippen LogP contribution in [0, 0.1) is 11.3 Å². The Labute approximate surface area is 95.4 Å². The summed E-state index contributed by atoms with van der Waals surface area (Å²) in [6, 6.07) is 0.993. The highest BCUT2D eigenvalue weighted by molar-refractivity contribution is 9.07. The SMILES string of the molecule is CC(=O)N(Br)N1C(=O)CC[C@H]1[C@@H](O)C#N. The van der Waals surface area contributed by atoms with E-state index in [0.29, 0.717) is 6.42 Å². The van der Waals surface area contributed by atoms with E-state index < -0.39 is 12.1 Å². The number of hydrogen-bond acceptors (Lipinski definition) is 4. The van der Waals surface area contributed by atoms with E-state index >= 15 is 0 Å². The molecule has 1 aliphatic heterocycles. The van der Waals surface area contributed by atoms with Crippen LogP contribution >= 0.6 is 16.1 Å². The Hall–Kier alpha value is -1.13. The predicted molar refractivity (Wildman–Crippen MR) is 52.9 cm³/mol. The minimum atomic E-state index is -1.28. The fraction of sp³-hybridized carbons (Fsp3) is 0.625. The van der Waals surface area contributed by atoms with Gasteiger partial charge in [0.2, 0.25) is 11.8 Å². The first-order valence-corrected chi connectivity index (χ1v) is 5.06. The predicted octanol–water partition coefficient (Wildman–Crippen LogP) is -0.0647. The molecule has 1 fully saturated rings. The van der Waals surface area contributed by atoms with Crippen molar-refractivity contribution in [3.63, 3.8) is 0 Å². The van der Waals surface area contributed by atoms with E-state index in [2.05, 4.69) is 16.1 Å². The molecule has 0 radical (unpaired) electrons. The lowest BCUT2D eigenvalue weighted by molar-refractivity contribution is -0.151. The zero-order chi connectivity index (χ0) is 11.6.